The lowest BCUT2D eigenvalue weighted by molar-refractivity contribution is -0.125. The summed E-state index contributed by atoms with van der Waals surface area (Å²) in [5.74, 6) is -0.212. The van der Waals surface area contributed by atoms with Gasteiger partial charge in [-0.3, -0.25) is 9.59 Å². The van der Waals surface area contributed by atoms with E-state index in [-0.39, 0.29) is 17.9 Å². The summed E-state index contributed by atoms with van der Waals surface area (Å²) >= 11 is 0. The molecule has 0 spiro atoms. The molecule has 1 atom stereocenters. The average molecular weight is 239 g/mol. The fourth-order valence-electron chi connectivity index (χ4n) is 1.99. The third kappa shape index (κ3) is 3.03. The smallest absolute Gasteiger partial charge is 0.270 e. The molecule has 1 unspecified atom stereocenters. The Balaban J connectivity index is 2.01. The van der Waals surface area contributed by atoms with Crippen molar-refractivity contribution in [1.29, 1.82) is 0 Å². The molecule has 0 saturated carbocycles. The lowest BCUT2D eigenvalue weighted by atomic mass is 10.1. The molecule has 2 heterocycles. The van der Waals surface area contributed by atoms with E-state index < -0.39 is 0 Å². The molecule has 2 aliphatic rings. The summed E-state index contributed by atoms with van der Waals surface area (Å²) in [4.78, 5) is 24.9. The maximum Gasteiger partial charge on any atom is 0.270 e. The van der Waals surface area contributed by atoms with E-state index in [2.05, 4.69) is 10.5 Å². The molecule has 1 N–H and O–H groups in total. The molecule has 0 aliphatic carbocycles. The minimum absolute atomic E-state index is 0.0558. The maximum absolute atomic E-state index is 12.1. The number of hydrazone groups is 1. The van der Waals surface area contributed by atoms with Gasteiger partial charge in [-0.1, -0.05) is 0 Å². The van der Waals surface area contributed by atoms with Gasteiger partial charge in [-0.05, 0) is 13.3 Å². The van der Waals surface area contributed by atoms with Crippen molar-refractivity contribution in [2.45, 2.75) is 32.3 Å². The van der Waals surface area contributed by atoms with Gasteiger partial charge in [0.25, 0.3) is 5.91 Å². The summed E-state index contributed by atoms with van der Waals surface area (Å²) in [6, 6.07) is 0. The molecule has 1 saturated heterocycles. The van der Waals surface area contributed by atoms with Crippen LogP contribution in [0.5, 0.6) is 0 Å². The number of amides is 2. The van der Waals surface area contributed by atoms with Gasteiger partial charge >= 0.3 is 0 Å². The number of hydrogen-bond donors (Lipinski definition) is 1. The molecule has 94 valence electrons. The minimum Gasteiger partial charge on any atom is -0.377 e. The van der Waals surface area contributed by atoms with Gasteiger partial charge in [0.05, 0.1) is 6.10 Å². The highest BCUT2D eigenvalue weighted by Gasteiger charge is 2.25. The van der Waals surface area contributed by atoms with Crippen molar-refractivity contribution >= 4 is 17.5 Å². The van der Waals surface area contributed by atoms with Crippen LogP contribution in [0.15, 0.2) is 5.10 Å². The lowest BCUT2D eigenvalue weighted by Crippen LogP contribution is -2.42. The Morgan fingerprint density at radius 3 is 3.06 bits per heavy atom. The molecule has 1 fully saturated rings. The number of hydrogen-bond acceptors (Lipinski definition) is 4. The van der Waals surface area contributed by atoms with Crippen LogP contribution in [0.1, 0.15) is 26.2 Å². The summed E-state index contributed by atoms with van der Waals surface area (Å²) < 4.78 is 5.48. The van der Waals surface area contributed by atoms with Gasteiger partial charge < -0.3 is 9.64 Å². The summed E-state index contributed by atoms with van der Waals surface area (Å²) in [7, 11) is 0. The fraction of sp³-hybridized carbons (Fsp3) is 0.727. The van der Waals surface area contributed by atoms with Gasteiger partial charge in [0.15, 0.2) is 0 Å². The van der Waals surface area contributed by atoms with Gasteiger partial charge in [0.1, 0.15) is 5.71 Å². The Morgan fingerprint density at radius 2 is 2.35 bits per heavy atom. The Bertz CT molecular complexity index is 354. The van der Waals surface area contributed by atoms with Crippen molar-refractivity contribution < 1.29 is 14.3 Å². The van der Waals surface area contributed by atoms with Gasteiger partial charge in [-0.25, -0.2) is 5.43 Å². The number of ether oxygens (including phenoxy) is 1. The van der Waals surface area contributed by atoms with E-state index in [4.69, 9.17) is 4.74 Å². The second kappa shape index (κ2) is 5.27. The van der Waals surface area contributed by atoms with Crippen LogP contribution in [-0.4, -0.2) is 48.2 Å². The van der Waals surface area contributed by atoms with E-state index in [1.54, 1.807) is 4.90 Å². The maximum atomic E-state index is 12.1. The first-order valence-electron chi connectivity index (χ1n) is 5.93. The minimum atomic E-state index is -0.130. The first-order valence-corrected chi connectivity index (χ1v) is 5.93. The zero-order valence-corrected chi connectivity index (χ0v) is 9.94. The highest BCUT2D eigenvalue weighted by atomic mass is 16.5. The van der Waals surface area contributed by atoms with Crippen LogP contribution in [0.4, 0.5) is 0 Å². The number of carbonyl (C=O) groups is 2. The standard InChI is InChI=1S/C11H17N3O3/c1-8-7-14(5-2-6-17-8)11(16)9-3-4-10(15)13-12-9/h8H,2-7H2,1H3,(H,13,15). The first kappa shape index (κ1) is 12.0. The largest absolute Gasteiger partial charge is 0.377 e. The molecule has 6 heteroatoms. The molecular formula is C11H17N3O3. The summed E-state index contributed by atoms with van der Waals surface area (Å²) in [5.41, 5.74) is 2.79. The van der Waals surface area contributed by atoms with E-state index in [0.29, 0.717) is 38.2 Å². The third-order valence-electron chi connectivity index (χ3n) is 2.89. The normalized spacial score (nSPS) is 25.9. The summed E-state index contributed by atoms with van der Waals surface area (Å²) in [6.07, 6.45) is 1.66. The predicted molar refractivity (Wildman–Crippen MR) is 61.4 cm³/mol. The molecular weight excluding hydrogens is 222 g/mol. The number of nitrogens with zero attached hydrogens (tertiary/aromatic N) is 2. The van der Waals surface area contributed by atoms with Crippen LogP contribution >= 0.6 is 0 Å². The second-order valence-electron chi connectivity index (χ2n) is 4.38. The highest BCUT2D eigenvalue weighted by molar-refractivity contribution is 6.39. The molecule has 2 amide bonds. The summed E-state index contributed by atoms with van der Waals surface area (Å²) in [6.45, 7) is 3.92. The molecule has 0 radical (unpaired) electrons. The number of carbonyl (C=O) groups excluding carboxylic acids is 2. The van der Waals surface area contributed by atoms with Crippen LogP contribution in [0.25, 0.3) is 0 Å². The fourth-order valence-corrected chi connectivity index (χ4v) is 1.99. The van der Waals surface area contributed by atoms with Crippen LogP contribution < -0.4 is 5.43 Å². The zero-order chi connectivity index (χ0) is 12.3. The van der Waals surface area contributed by atoms with Crippen molar-refractivity contribution in [3.8, 4) is 0 Å². The number of rotatable bonds is 1. The highest BCUT2D eigenvalue weighted by Crippen LogP contribution is 2.09. The van der Waals surface area contributed by atoms with Crippen molar-refractivity contribution in [3.63, 3.8) is 0 Å². The predicted octanol–water partition coefficient (Wildman–Crippen LogP) is -0.110. The molecule has 0 bridgehead atoms. The van der Waals surface area contributed by atoms with Crippen molar-refractivity contribution in [2.24, 2.45) is 5.10 Å². The topological polar surface area (TPSA) is 71.0 Å². The van der Waals surface area contributed by atoms with Crippen LogP contribution in [-0.2, 0) is 14.3 Å². The van der Waals surface area contributed by atoms with E-state index >= 15 is 0 Å². The van der Waals surface area contributed by atoms with Crippen molar-refractivity contribution in [2.75, 3.05) is 19.7 Å². The number of nitrogens with one attached hydrogen (secondary N) is 1. The third-order valence-corrected chi connectivity index (χ3v) is 2.89. The Kier molecular flexibility index (Phi) is 3.73. The van der Waals surface area contributed by atoms with Gasteiger partial charge in [0.2, 0.25) is 5.91 Å². The Hall–Kier alpha value is -1.43. The van der Waals surface area contributed by atoms with Crippen molar-refractivity contribution in [3.05, 3.63) is 0 Å². The quantitative estimate of drug-likeness (QED) is 0.694. The Labute approximate surface area is 100.0 Å². The average Bonchev–Trinajstić information content (AvgIpc) is 2.54. The van der Waals surface area contributed by atoms with Gasteiger partial charge in [-0.2, -0.15) is 5.10 Å². The van der Waals surface area contributed by atoms with Crippen molar-refractivity contribution in [1.82, 2.24) is 10.3 Å². The molecule has 2 aliphatic heterocycles. The van der Waals surface area contributed by atoms with Crippen LogP contribution in [0.3, 0.4) is 0 Å². The van der Waals surface area contributed by atoms with Gasteiger partial charge in [-0.15, -0.1) is 0 Å². The Morgan fingerprint density at radius 1 is 1.53 bits per heavy atom. The molecule has 6 nitrogen and oxygen atoms in total. The SMILES string of the molecule is CC1CN(C(=O)C2=NNC(=O)CC2)CCCO1. The van der Waals surface area contributed by atoms with Crippen LogP contribution in [0.2, 0.25) is 0 Å². The van der Waals surface area contributed by atoms with E-state index in [1.165, 1.54) is 0 Å². The monoisotopic (exact) mass is 239 g/mol. The summed E-state index contributed by atoms with van der Waals surface area (Å²) in [5, 5.41) is 3.83. The van der Waals surface area contributed by atoms with E-state index in [0.717, 1.165) is 6.42 Å². The lowest BCUT2D eigenvalue weighted by Gasteiger charge is -2.23. The molecule has 0 aromatic heterocycles. The molecule has 0 aromatic rings. The second-order valence-corrected chi connectivity index (χ2v) is 4.38. The molecule has 2 rings (SSSR count). The zero-order valence-electron chi connectivity index (χ0n) is 9.94. The van der Waals surface area contributed by atoms with Crippen LogP contribution in [0, 0.1) is 0 Å². The molecule has 17 heavy (non-hydrogen) atoms. The first-order chi connectivity index (χ1) is 8.16. The molecule has 0 aromatic carbocycles. The van der Waals surface area contributed by atoms with E-state index in [9.17, 15) is 9.59 Å². The van der Waals surface area contributed by atoms with E-state index in [1.807, 2.05) is 6.92 Å². The van der Waals surface area contributed by atoms with Gasteiger partial charge in [0, 0.05) is 32.5 Å².